The van der Waals surface area contributed by atoms with Crippen LogP contribution in [0.15, 0.2) is 255 Å². The second-order valence-electron chi connectivity index (χ2n) is 24.4. The van der Waals surface area contributed by atoms with Crippen molar-refractivity contribution in [2.75, 3.05) is 0 Å². The van der Waals surface area contributed by atoms with Gasteiger partial charge < -0.3 is 4.57 Å². The van der Waals surface area contributed by atoms with Crippen molar-refractivity contribution in [1.82, 2.24) is 24.5 Å². The molecule has 7 heteroatoms. The molecule has 0 aliphatic heterocycles. The quantitative estimate of drug-likeness (QED) is 0.176. The van der Waals surface area contributed by atoms with Gasteiger partial charge in [-0.05, 0) is 285 Å². The summed E-state index contributed by atoms with van der Waals surface area (Å²) in [6.07, 6.45) is 7.41. The zero-order chi connectivity index (χ0) is 66.8. The van der Waals surface area contributed by atoms with Crippen LogP contribution in [0.25, 0.3) is 87.9 Å². The van der Waals surface area contributed by atoms with Gasteiger partial charge in [-0.1, -0.05) is 146 Å². The molecule has 0 amide bonds. The summed E-state index contributed by atoms with van der Waals surface area (Å²) in [5.74, 6) is 0. The minimum Gasteiger partial charge on any atom is -0.352 e. The molecular formula is C87H87N5S2. The molecular weight excluding hydrogens is 1180 g/mol. The maximum absolute atomic E-state index is 4.44. The van der Waals surface area contributed by atoms with E-state index in [1.54, 1.807) is 11.3 Å². The lowest BCUT2D eigenvalue weighted by Crippen LogP contribution is -1.91. The molecule has 0 aliphatic rings. The summed E-state index contributed by atoms with van der Waals surface area (Å²) in [5.41, 5.74) is 23.1. The van der Waals surface area contributed by atoms with Gasteiger partial charge in [-0.25, -0.2) is 0 Å². The standard InChI is InChI=1S/2C22H18.2C12H12N2.C7H11N.2C6H8S/c1-15-11-19(13-17-7-3-5-9-21(15)17)20-12-16(2)22-10-6-4-8-18(22)14-20;1-15-11-13-21(19-9-5-3-7-17(15)19)22-14-12-16(2)18-8-4-6-10-20(18)22;1-9-3-6-12(14-7-9)11-5-4-10(2)13-8-11;1-9-6-11(8-13-7-9)12-5-3-4-10(2)14-12;1-6-4-5-7(2)8(6)3;1-5-3-6(2)7-4-5;1-5-3-4-6(2)7-5/h2*3-14H,1-2H3;2*3-8H,1-2H3;4-5H,1-3H3;2*3-4H,1-2H3. The fourth-order valence-electron chi connectivity index (χ4n) is 11.2. The molecule has 472 valence electrons. The van der Waals surface area contributed by atoms with E-state index in [4.69, 9.17) is 0 Å². The Labute approximate surface area is 566 Å². The molecule has 15 rings (SSSR count). The number of aromatic nitrogens is 5. The summed E-state index contributed by atoms with van der Waals surface area (Å²) in [6.45, 7) is 29.5. The van der Waals surface area contributed by atoms with Crippen molar-refractivity contribution in [3.63, 3.8) is 0 Å². The smallest absolute Gasteiger partial charge is 0.0720 e. The van der Waals surface area contributed by atoms with Crippen molar-refractivity contribution < 1.29 is 0 Å². The predicted octanol–water partition coefficient (Wildman–Crippen LogP) is 24.4. The van der Waals surface area contributed by atoms with Gasteiger partial charge in [-0.2, -0.15) is 0 Å². The maximum Gasteiger partial charge on any atom is 0.0720 e. The number of nitrogens with zero attached hydrogens (tertiary/aromatic N) is 5. The van der Waals surface area contributed by atoms with Gasteiger partial charge in [0.2, 0.25) is 0 Å². The Bertz CT molecular complexity index is 4620. The van der Waals surface area contributed by atoms with Crippen LogP contribution < -0.4 is 0 Å². The van der Waals surface area contributed by atoms with Crippen LogP contribution in [0, 0.1) is 96.9 Å². The van der Waals surface area contributed by atoms with Gasteiger partial charge in [-0.15, -0.1) is 22.7 Å². The highest BCUT2D eigenvalue weighted by Gasteiger charge is 2.11. The number of rotatable bonds is 4. The van der Waals surface area contributed by atoms with Gasteiger partial charge in [0.25, 0.3) is 0 Å². The maximum atomic E-state index is 4.44. The summed E-state index contributed by atoms with van der Waals surface area (Å²) >= 11 is 3.65. The molecule has 0 bridgehead atoms. The van der Waals surface area contributed by atoms with Crippen molar-refractivity contribution in [2.45, 2.75) is 96.9 Å². The van der Waals surface area contributed by atoms with Crippen LogP contribution in [-0.2, 0) is 7.05 Å². The van der Waals surface area contributed by atoms with Crippen molar-refractivity contribution in [2.24, 2.45) is 7.05 Å². The monoisotopic (exact) mass is 1270 g/mol. The van der Waals surface area contributed by atoms with Crippen molar-refractivity contribution in [3.8, 4) is 44.8 Å². The number of aryl methyl sites for hydroxylation is 14. The molecule has 0 N–H and O–H groups in total. The molecule has 0 unspecified atom stereocenters. The number of thiophene rings is 2. The first-order valence-electron chi connectivity index (χ1n) is 32.1. The Morgan fingerprint density at radius 3 is 1.26 bits per heavy atom. The lowest BCUT2D eigenvalue weighted by molar-refractivity contribution is 0.844. The van der Waals surface area contributed by atoms with E-state index in [0.29, 0.717) is 0 Å². The van der Waals surface area contributed by atoms with E-state index in [9.17, 15) is 0 Å². The molecule has 0 saturated heterocycles. The van der Waals surface area contributed by atoms with E-state index in [1.165, 1.54) is 125 Å². The van der Waals surface area contributed by atoms with Crippen molar-refractivity contribution >= 4 is 65.8 Å². The minimum atomic E-state index is 0.975. The average Bonchev–Trinajstić information content (AvgIpc) is 0.797. The highest BCUT2D eigenvalue weighted by Crippen LogP contribution is 2.37. The highest BCUT2D eigenvalue weighted by molar-refractivity contribution is 7.11. The first-order valence-corrected chi connectivity index (χ1v) is 33.8. The summed E-state index contributed by atoms with van der Waals surface area (Å²) in [7, 11) is 2.07. The fourth-order valence-corrected chi connectivity index (χ4v) is 12.7. The Hall–Kier alpha value is -9.92. The second-order valence-corrected chi connectivity index (χ2v) is 27.0. The van der Waals surface area contributed by atoms with E-state index in [2.05, 4.69) is 294 Å². The van der Waals surface area contributed by atoms with Gasteiger partial charge in [0.1, 0.15) is 0 Å². The molecule has 0 atom stereocenters. The Morgan fingerprint density at radius 1 is 0.309 bits per heavy atom. The molecule has 7 aromatic heterocycles. The Morgan fingerprint density at radius 2 is 0.840 bits per heavy atom. The van der Waals surface area contributed by atoms with Crippen LogP contribution in [0.4, 0.5) is 0 Å². The normalized spacial score (nSPS) is 10.5. The third-order valence-electron chi connectivity index (χ3n) is 16.6. The number of hydrogen-bond acceptors (Lipinski definition) is 6. The average molecular weight is 1270 g/mol. The molecule has 0 radical (unpaired) electrons. The third-order valence-corrected chi connectivity index (χ3v) is 18.5. The fraction of sp³-hybridized carbons (Fsp3) is 0.172. The molecule has 0 saturated carbocycles. The van der Waals surface area contributed by atoms with Gasteiger partial charge in [-0.3, -0.25) is 19.9 Å². The van der Waals surface area contributed by atoms with Crippen molar-refractivity contribution in [3.05, 3.63) is 331 Å². The van der Waals surface area contributed by atoms with Gasteiger partial charge in [0, 0.05) is 80.4 Å². The number of pyridine rings is 4. The molecule has 0 spiro atoms. The molecule has 8 aromatic carbocycles. The van der Waals surface area contributed by atoms with Gasteiger partial charge >= 0.3 is 0 Å². The molecule has 0 aliphatic carbocycles. The van der Waals surface area contributed by atoms with Crippen LogP contribution in [0.3, 0.4) is 0 Å². The van der Waals surface area contributed by atoms with Crippen LogP contribution >= 0.6 is 22.7 Å². The zero-order valence-corrected chi connectivity index (χ0v) is 58.9. The molecule has 94 heavy (non-hydrogen) atoms. The van der Waals surface area contributed by atoms with Crippen molar-refractivity contribution in [1.29, 1.82) is 0 Å². The van der Waals surface area contributed by atoms with Gasteiger partial charge in [0.15, 0.2) is 0 Å². The first-order chi connectivity index (χ1) is 45.3. The van der Waals surface area contributed by atoms with E-state index in [-0.39, 0.29) is 0 Å². The zero-order valence-electron chi connectivity index (χ0n) is 57.3. The summed E-state index contributed by atoms with van der Waals surface area (Å²) < 4.78 is 2.17. The Balaban J connectivity index is 0.000000135. The van der Waals surface area contributed by atoms with Crippen LogP contribution in [-0.4, -0.2) is 24.5 Å². The van der Waals surface area contributed by atoms with Crippen LogP contribution in [0.2, 0.25) is 0 Å². The molecule has 5 nitrogen and oxygen atoms in total. The summed E-state index contributed by atoms with van der Waals surface area (Å²) in [4.78, 5) is 21.4. The number of fused-ring (bicyclic) bond motifs is 4. The predicted molar refractivity (Wildman–Crippen MR) is 409 cm³/mol. The minimum absolute atomic E-state index is 0.975. The number of benzene rings is 8. The van der Waals surface area contributed by atoms with Crippen LogP contribution in [0.1, 0.15) is 76.4 Å². The SMILES string of the molecule is Cc1cc(-c2cc(C)c3ccccc3c2)cc2ccccc12.Cc1ccc(-c2ccc(C)c3ccccc23)c2ccccc12.Cc1ccc(-c2ccc(C)nc2)nc1.Cc1ccc(C)n1C.Cc1ccc(C)s1.Cc1cncc(-c2cccc(C)n2)c1.Cc1csc(C)c1. The van der Waals surface area contributed by atoms with E-state index < -0.39 is 0 Å². The summed E-state index contributed by atoms with van der Waals surface area (Å²) in [5, 5.41) is 12.8. The van der Waals surface area contributed by atoms with Gasteiger partial charge in [0.05, 0.1) is 11.4 Å². The van der Waals surface area contributed by atoms with Crippen LogP contribution in [0.5, 0.6) is 0 Å². The van der Waals surface area contributed by atoms with E-state index in [0.717, 1.165) is 39.5 Å². The summed E-state index contributed by atoms with van der Waals surface area (Å²) in [6, 6.07) is 79.7. The molecule has 15 aromatic rings. The second kappa shape index (κ2) is 32.6. The number of hydrogen-bond donors (Lipinski definition) is 0. The lowest BCUT2D eigenvalue weighted by atomic mass is 9.91. The van der Waals surface area contributed by atoms with E-state index >= 15 is 0 Å². The largest absolute Gasteiger partial charge is 0.352 e. The lowest BCUT2D eigenvalue weighted by Gasteiger charge is -2.13. The molecule has 0 fully saturated rings. The third kappa shape index (κ3) is 18.4. The topological polar surface area (TPSA) is 56.5 Å². The highest BCUT2D eigenvalue weighted by atomic mass is 32.1. The first kappa shape index (κ1) is 68.4. The molecule has 7 heterocycles. The Kier molecular flexibility index (Phi) is 23.7. The van der Waals surface area contributed by atoms with E-state index in [1.807, 2.05) is 100 Å².